The first-order valence-corrected chi connectivity index (χ1v) is 10.5. The van der Waals surface area contributed by atoms with Gasteiger partial charge < -0.3 is 15.4 Å². The van der Waals surface area contributed by atoms with E-state index < -0.39 is 0 Å². The van der Waals surface area contributed by atoms with E-state index in [1.54, 1.807) is 12.4 Å². The van der Waals surface area contributed by atoms with Gasteiger partial charge in [0.2, 0.25) is 5.91 Å². The summed E-state index contributed by atoms with van der Waals surface area (Å²) in [5, 5.41) is 17.1. The lowest BCUT2D eigenvalue weighted by Gasteiger charge is -2.22. The molecule has 1 fully saturated rings. The molecule has 2 atom stereocenters. The lowest BCUT2D eigenvalue weighted by molar-refractivity contribution is -0.115. The Hall–Kier alpha value is -2.84. The largest absolute Gasteiger partial charge is 0.446 e. The number of amides is 2. The number of hydrogen-bond donors (Lipinski definition) is 3. The summed E-state index contributed by atoms with van der Waals surface area (Å²) in [6.07, 6.45) is 5.53. The van der Waals surface area contributed by atoms with Gasteiger partial charge in [0.15, 0.2) is 0 Å². The molecule has 1 saturated carbocycles. The molecule has 0 unspecified atom stereocenters. The normalized spacial score (nSPS) is 19.1. The van der Waals surface area contributed by atoms with Gasteiger partial charge in [0.1, 0.15) is 11.9 Å². The summed E-state index contributed by atoms with van der Waals surface area (Å²) in [5.74, 6) is 0.745. The van der Waals surface area contributed by atoms with Crippen LogP contribution in [0.1, 0.15) is 71.1 Å². The fourth-order valence-corrected chi connectivity index (χ4v) is 3.68. The average molecular weight is 417 g/mol. The highest BCUT2D eigenvalue weighted by molar-refractivity contribution is 5.91. The number of nitrogens with zero attached hydrogens (tertiary/aromatic N) is 3. The number of aromatic amines is 1. The Labute approximate surface area is 176 Å². The monoisotopic (exact) mass is 416 g/mol. The van der Waals surface area contributed by atoms with Crippen LogP contribution in [0.15, 0.2) is 18.5 Å². The number of rotatable bonds is 6. The number of ether oxygens (including phenoxy) is 1. The summed E-state index contributed by atoms with van der Waals surface area (Å²) in [6, 6.07) is 1.99. The Kier molecular flexibility index (Phi) is 6.48. The van der Waals surface area contributed by atoms with Gasteiger partial charge in [0.25, 0.3) is 0 Å². The highest BCUT2D eigenvalue weighted by Gasteiger charge is 2.32. The topological polar surface area (TPSA) is 114 Å². The van der Waals surface area contributed by atoms with Crippen molar-refractivity contribution in [3.8, 4) is 0 Å². The molecule has 1 aliphatic rings. The molecule has 0 bridgehead atoms. The van der Waals surface area contributed by atoms with Crippen LogP contribution in [0.4, 0.5) is 10.6 Å². The third-order valence-electron chi connectivity index (χ3n) is 5.03. The molecule has 0 aliphatic heterocycles. The SMILES string of the molecule is CC(C)NC(=O)O[C@@H]1CC[C@H](c2cc(NC(=O)Cc3cn[nH]c3)n(C(C)(C)C)n2)C1. The summed E-state index contributed by atoms with van der Waals surface area (Å²) in [6.45, 7) is 9.95. The lowest BCUT2D eigenvalue weighted by atomic mass is 10.0. The maximum Gasteiger partial charge on any atom is 0.407 e. The van der Waals surface area contributed by atoms with Crippen LogP contribution in [0.25, 0.3) is 0 Å². The molecule has 3 N–H and O–H groups in total. The third-order valence-corrected chi connectivity index (χ3v) is 5.03. The van der Waals surface area contributed by atoms with Gasteiger partial charge in [-0.05, 0) is 59.4 Å². The smallest absolute Gasteiger partial charge is 0.407 e. The first-order chi connectivity index (χ1) is 14.1. The minimum atomic E-state index is -0.372. The van der Waals surface area contributed by atoms with Crippen LogP contribution in [-0.4, -0.2) is 44.1 Å². The second-order valence-electron chi connectivity index (χ2n) is 9.20. The van der Waals surface area contributed by atoms with Gasteiger partial charge in [-0.1, -0.05) is 0 Å². The van der Waals surface area contributed by atoms with Crippen molar-refractivity contribution in [1.82, 2.24) is 25.3 Å². The van der Waals surface area contributed by atoms with E-state index in [-0.39, 0.29) is 42.0 Å². The predicted molar refractivity (Wildman–Crippen MR) is 113 cm³/mol. The number of carbonyl (C=O) groups is 2. The molecule has 2 amide bonds. The molecule has 2 aromatic heterocycles. The summed E-state index contributed by atoms with van der Waals surface area (Å²) in [5.41, 5.74) is 1.45. The van der Waals surface area contributed by atoms with Crippen molar-refractivity contribution in [2.75, 3.05) is 5.32 Å². The zero-order valence-corrected chi connectivity index (χ0v) is 18.4. The number of anilines is 1. The van der Waals surface area contributed by atoms with E-state index in [4.69, 9.17) is 9.84 Å². The summed E-state index contributed by atoms with van der Waals surface area (Å²) in [7, 11) is 0. The van der Waals surface area contributed by atoms with Crippen molar-refractivity contribution in [2.24, 2.45) is 0 Å². The fourth-order valence-electron chi connectivity index (χ4n) is 3.68. The molecule has 0 aromatic carbocycles. The second kappa shape index (κ2) is 8.89. The van der Waals surface area contributed by atoms with E-state index in [9.17, 15) is 9.59 Å². The van der Waals surface area contributed by atoms with Gasteiger partial charge in [-0.2, -0.15) is 10.2 Å². The van der Waals surface area contributed by atoms with E-state index in [1.165, 1.54) is 0 Å². The Morgan fingerprint density at radius 2 is 2.10 bits per heavy atom. The minimum absolute atomic E-state index is 0.0467. The molecule has 3 rings (SSSR count). The van der Waals surface area contributed by atoms with Gasteiger partial charge in [0.05, 0.1) is 23.9 Å². The molecule has 2 heterocycles. The molecule has 9 heteroatoms. The van der Waals surface area contributed by atoms with Crippen molar-refractivity contribution < 1.29 is 14.3 Å². The molecule has 0 saturated heterocycles. The van der Waals surface area contributed by atoms with Gasteiger partial charge in [-0.15, -0.1) is 0 Å². The Balaban J connectivity index is 1.68. The Morgan fingerprint density at radius 3 is 2.73 bits per heavy atom. The van der Waals surface area contributed by atoms with Crippen LogP contribution in [0, 0.1) is 0 Å². The number of H-pyrrole nitrogens is 1. The van der Waals surface area contributed by atoms with E-state index in [0.29, 0.717) is 5.82 Å². The van der Waals surface area contributed by atoms with Crippen molar-refractivity contribution >= 4 is 17.8 Å². The fraction of sp³-hybridized carbons (Fsp3) is 0.619. The van der Waals surface area contributed by atoms with E-state index in [0.717, 1.165) is 30.5 Å². The molecular formula is C21H32N6O3. The van der Waals surface area contributed by atoms with Crippen LogP contribution < -0.4 is 10.6 Å². The van der Waals surface area contributed by atoms with Crippen molar-refractivity contribution in [1.29, 1.82) is 0 Å². The summed E-state index contributed by atoms with van der Waals surface area (Å²) < 4.78 is 7.39. The van der Waals surface area contributed by atoms with Gasteiger partial charge >= 0.3 is 6.09 Å². The number of carbonyl (C=O) groups excluding carboxylic acids is 2. The van der Waals surface area contributed by atoms with Gasteiger partial charge in [-0.3, -0.25) is 9.89 Å². The molecule has 2 aromatic rings. The van der Waals surface area contributed by atoms with Crippen molar-refractivity contribution in [3.05, 3.63) is 29.7 Å². The quantitative estimate of drug-likeness (QED) is 0.668. The van der Waals surface area contributed by atoms with Gasteiger partial charge in [-0.25, -0.2) is 9.48 Å². The minimum Gasteiger partial charge on any atom is -0.446 e. The first kappa shape index (κ1) is 21.9. The van der Waals surface area contributed by atoms with Gasteiger partial charge in [0, 0.05) is 24.2 Å². The van der Waals surface area contributed by atoms with E-state index in [1.807, 2.05) is 45.4 Å². The molecule has 164 valence electrons. The summed E-state index contributed by atoms with van der Waals surface area (Å²) >= 11 is 0. The lowest BCUT2D eigenvalue weighted by Crippen LogP contribution is -2.33. The molecule has 30 heavy (non-hydrogen) atoms. The predicted octanol–water partition coefficient (Wildman–Crippen LogP) is 3.31. The Bertz CT molecular complexity index is 866. The highest BCUT2D eigenvalue weighted by atomic mass is 16.6. The molecule has 9 nitrogen and oxygen atoms in total. The number of nitrogens with one attached hydrogen (secondary N) is 3. The van der Waals surface area contributed by atoms with Crippen molar-refractivity contribution in [2.45, 2.75) is 83.9 Å². The maximum absolute atomic E-state index is 12.5. The molecule has 0 radical (unpaired) electrons. The first-order valence-electron chi connectivity index (χ1n) is 10.5. The van der Waals surface area contributed by atoms with Crippen LogP contribution in [0.2, 0.25) is 0 Å². The second-order valence-corrected chi connectivity index (χ2v) is 9.20. The summed E-state index contributed by atoms with van der Waals surface area (Å²) in [4.78, 5) is 24.4. The Morgan fingerprint density at radius 1 is 1.33 bits per heavy atom. The number of alkyl carbamates (subject to hydrolysis) is 1. The van der Waals surface area contributed by atoms with Crippen molar-refractivity contribution in [3.63, 3.8) is 0 Å². The zero-order chi connectivity index (χ0) is 21.9. The standard InChI is InChI=1S/C21H32N6O3/c1-13(2)24-20(29)30-16-7-6-15(9-16)17-10-18(27(26-17)21(3,4)5)25-19(28)8-14-11-22-23-12-14/h10-13,15-16H,6-9H2,1-5H3,(H,22,23)(H,24,29)(H,25,28)/t15-,16+/m0/s1. The van der Waals surface area contributed by atoms with Crippen LogP contribution in [0.3, 0.4) is 0 Å². The van der Waals surface area contributed by atoms with Crippen LogP contribution in [0.5, 0.6) is 0 Å². The average Bonchev–Trinajstić information content (AvgIpc) is 3.34. The molecular weight excluding hydrogens is 384 g/mol. The zero-order valence-electron chi connectivity index (χ0n) is 18.4. The highest BCUT2D eigenvalue weighted by Crippen LogP contribution is 2.37. The molecule has 1 aliphatic carbocycles. The van der Waals surface area contributed by atoms with E-state index in [2.05, 4.69) is 20.8 Å². The third kappa shape index (κ3) is 5.61. The van der Waals surface area contributed by atoms with E-state index >= 15 is 0 Å². The molecule has 0 spiro atoms. The maximum atomic E-state index is 12.5. The van der Waals surface area contributed by atoms with Crippen LogP contribution >= 0.6 is 0 Å². The number of hydrogen-bond acceptors (Lipinski definition) is 5. The van der Waals surface area contributed by atoms with Crippen LogP contribution in [-0.2, 0) is 21.5 Å². The number of aromatic nitrogens is 4.